The van der Waals surface area contributed by atoms with Crippen molar-refractivity contribution in [2.24, 2.45) is 0 Å². The highest BCUT2D eigenvalue weighted by Crippen LogP contribution is 2.24. The van der Waals surface area contributed by atoms with Crippen molar-refractivity contribution in [2.45, 2.75) is 18.5 Å². The molecule has 5 heteroatoms. The minimum Gasteiger partial charge on any atom is -0.353 e. The largest absolute Gasteiger partial charge is 0.353 e. The van der Waals surface area contributed by atoms with Crippen LogP contribution in [0.25, 0.3) is 0 Å². The molecule has 0 bridgehead atoms. The van der Waals surface area contributed by atoms with Crippen LogP contribution in [-0.4, -0.2) is 38.0 Å². The Labute approximate surface area is 154 Å². The van der Waals surface area contributed by atoms with Crippen LogP contribution in [0.2, 0.25) is 5.02 Å². The predicted molar refractivity (Wildman–Crippen MR) is 102 cm³/mol. The summed E-state index contributed by atoms with van der Waals surface area (Å²) in [6, 6.07) is 15.7. The third-order valence-electron chi connectivity index (χ3n) is 4.63. The van der Waals surface area contributed by atoms with Crippen LogP contribution in [0.3, 0.4) is 0 Å². The van der Waals surface area contributed by atoms with Crippen LogP contribution in [0.4, 0.5) is 0 Å². The second kappa shape index (κ2) is 8.00. The highest BCUT2D eigenvalue weighted by Gasteiger charge is 2.25. The summed E-state index contributed by atoms with van der Waals surface area (Å²) in [6.45, 7) is 1.50. The predicted octanol–water partition coefficient (Wildman–Crippen LogP) is 2.95. The maximum Gasteiger partial charge on any atom is 0.242 e. The van der Waals surface area contributed by atoms with Gasteiger partial charge in [-0.05, 0) is 55.9 Å². The molecule has 2 N–H and O–H groups in total. The van der Waals surface area contributed by atoms with E-state index < -0.39 is 0 Å². The second-order valence-electron chi connectivity index (χ2n) is 6.62. The topological polar surface area (TPSA) is 44.4 Å². The minimum absolute atomic E-state index is 0.0166. The number of halogens is 1. The van der Waals surface area contributed by atoms with Crippen LogP contribution >= 0.6 is 11.6 Å². The second-order valence-corrected chi connectivity index (χ2v) is 7.06. The van der Waals surface area contributed by atoms with Gasteiger partial charge in [0.1, 0.15) is 6.04 Å². The Morgan fingerprint density at radius 3 is 2.84 bits per heavy atom. The molecular weight excluding hydrogens is 334 g/mol. The molecule has 2 atom stereocenters. The number of amides is 1. The molecule has 0 radical (unpaired) electrons. The van der Waals surface area contributed by atoms with Gasteiger partial charge in [0, 0.05) is 17.6 Å². The monoisotopic (exact) mass is 357 g/mol. The molecule has 0 aliphatic carbocycles. The van der Waals surface area contributed by atoms with Crippen LogP contribution in [-0.2, 0) is 11.2 Å². The van der Waals surface area contributed by atoms with E-state index in [1.165, 1.54) is 11.1 Å². The first-order chi connectivity index (χ1) is 12.1. The molecule has 1 aliphatic heterocycles. The lowest BCUT2D eigenvalue weighted by molar-refractivity contribution is -0.125. The molecular formula is C20H24ClN3O. The molecule has 4 nitrogen and oxygen atoms in total. The van der Waals surface area contributed by atoms with Gasteiger partial charge in [0.05, 0.1) is 0 Å². The van der Waals surface area contributed by atoms with Gasteiger partial charge in [-0.15, -0.1) is 0 Å². The number of hydrogen-bond acceptors (Lipinski definition) is 3. The van der Waals surface area contributed by atoms with E-state index in [1.54, 1.807) is 0 Å². The zero-order chi connectivity index (χ0) is 17.8. The maximum absolute atomic E-state index is 12.8. The molecule has 0 spiro atoms. The van der Waals surface area contributed by atoms with Crippen molar-refractivity contribution in [1.29, 1.82) is 0 Å². The van der Waals surface area contributed by atoms with Crippen LogP contribution in [0.1, 0.15) is 28.8 Å². The van der Waals surface area contributed by atoms with Gasteiger partial charge >= 0.3 is 0 Å². The van der Waals surface area contributed by atoms with Crippen molar-refractivity contribution < 1.29 is 4.79 Å². The Kier molecular flexibility index (Phi) is 5.74. The van der Waals surface area contributed by atoms with E-state index in [0.29, 0.717) is 11.6 Å². The van der Waals surface area contributed by atoms with Gasteiger partial charge in [-0.3, -0.25) is 9.69 Å². The molecule has 2 aromatic rings. The Morgan fingerprint density at radius 2 is 2.08 bits per heavy atom. The smallest absolute Gasteiger partial charge is 0.242 e. The van der Waals surface area contributed by atoms with Crippen LogP contribution in [0, 0.1) is 0 Å². The summed E-state index contributed by atoms with van der Waals surface area (Å²) in [4.78, 5) is 14.7. The molecule has 0 saturated carbocycles. The fourth-order valence-electron chi connectivity index (χ4n) is 3.43. The van der Waals surface area contributed by atoms with E-state index in [-0.39, 0.29) is 18.0 Å². The molecule has 132 valence electrons. The Hall–Kier alpha value is -1.88. The highest BCUT2D eigenvalue weighted by atomic mass is 35.5. The van der Waals surface area contributed by atoms with Gasteiger partial charge in [-0.2, -0.15) is 0 Å². The lowest BCUT2D eigenvalue weighted by atomic mass is 9.94. The summed E-state index contributed by atoms with van der Waals surface area (Å²) >= 11 is 6.09. The normalized spacial score (nSPS) is 17.8. The molecule has 0 saturated heterocycles. The highest BCUT2D eigenvalue weighted by molar-refractivity contribution is 6.30. The van der Waals surface area contributed by atoms with Crippen molar-refractivity contribution in [3.05, 3.63) is 70.2 Å². The lowest BCUT2D eigenvalue weighted by Gasteiger charge is -2.29. The number of rotatable bonds is 5. The zero-order valence-corrected chi connectivity index (χ0v) is 15.4. The number of fused-ring (bicyclic) bond motifs is 1. The number of carbonyl (C=O) groups excluding carboxylic acids is 1. The van der Waals surface area contributed by atoms with Gasteiger partial charge in [0.25, 0.3) is 0 Å². The number of likely N-dealkylation sites (N-methyl/N-ethyl adjacent to an activating group) is 1. The van der Waals surface area contributed by atoms with Crippen LogP contribution in [0.15, 0.2) is 48.5 Å². The fraction of sp³-hybridized carbons (Fsp3) is 0.350. The van der Waals surface area contributed by atoms with Crippen molar-refractivity contribution in [3.63, 3.8) is 0 Å². The maximum atomic E-state index is 12.8. The first kappa shape index (κ1) is 17.9. The van der Waals surface area contributed by atoms with E-state index in [0.717, 1.165) is 18.5 Å². The SMILES string of the molecule is CN(C)C(C(=O)NCC1NCCc2ccccc21)c1cccc(Cl)c1. The molecule has 0 fully saturated rings. The van der Waals surface area contributed by atoms with E-state index >= 15 is 0 Å². The first-order valence-electron chi connectivity index (χ1n) is 8.57. The van der Waals surface area contributed by atoms with Crippen LogP contribution < -0.4 is 10.6 Å². The Morgan fingerprint density at radius 1 is 1.28 bits per heavy atom. The summed E-state index contributed by atoms with van der Waals surface area (Å²) in [7, 11) is 3.80. The summed E-state index contributed by atoms with van der Waals surface area (Å²) in [5.41, 5.74) is 3.53. The molecule has 25 heavy (non-hydrogen) atoms. The van der Waals surface area contributed by atoms with E-state index in [9.17, 15) is 4.79 Å². The molecule has 1 aliphatic rings. The third-order valence-corrected chi connectivity index (χ3v) is 4.86. The van der Waals surface area contributed by atoms with Gasteiger partial charge < -0.3 is 10.6 Å². The molecule has 3 rings (SSSR count). The molecule has 1 amide bonds. The van der Waals surface area contributed by atoms with E-state index in [1.807, 2.05) is 43.3 Å². The van der Waals surface area contributed by atoms with Crippen molar-refractivity contribution >= 4 is 17.5 Å². The third kappa shape index (κ3) is 4.21. The van der Waals surface area contributed by atoms with Crippen molar-refractivity contribution in [3.8, 4) is 0 Å². The van der Waals surface area contributed by atoms with E-state index in [4.69, 9.17) is 11.6 Å². The molecule has 2 aromatic carbocycles. The number of nitrogens with zero attached hydrogens (tertiary/aromatic N) is 1. The first-order valence-corrected chi connectivity index (χ1v) is 8.95. The van der Waals surface area contributed by atoms with Gasteiger partial charge in [0.2, 0.25) is 5.91 Å². The number of benzene rings is 2. The Balaban J connectivity index is 1.71. The number of hydrogen-bond donors (Lipinski definition) is 2. The summed E-state index contributed by atoms with van der Waals surface area (Å²) < 4.78 is 0. The van der Waals surface area contributed by atoms with Gasteiger partial charge in [-0.1, -0.05) is 48.0 Å². The number of nitrogens with one attached hydrogen (secondary N) is 2. The zero-order valence-electron chi connectivity index (χ0n) is 14.6. The van der Waals surface area contributed by atoms with Gasteiger partial charge in [-0.25, -0.2) is 0 Å². The molecule has 0 aromatic heterocycles. The van der Waals surface area contributed by atoms with Crippen molar-refractivity contribution in [1.82, 2.24) is 15.5 Å². The van der Waals surface area contributed by atoms with E-state index in [2.05, 4.69) is 34.9 Å². The summed E-state index contributed by atoms with van der Waals surface area (Å²) in [6.07, 6.45) is 1.03. The van der Waals surface area contributed by atoms with Crippen LogP contribution in [0.5, 0.6) is 0 Å². The average Bonchev–Trinajstić information content (AvgIpc) is 2.60. The quantitative estimate of drug-likeness (QED) is 0.864. The molecule has 2 unspecified atom stereocenters. The Bertz CT molecular complexity index is 747. The standard InChI is InChI=1S/C20H24ClN3O/c1-24(2)19(15-7-5-8-16(21)12-15)20(25)23-13-18-17-9-4-3-6-14(17)10-11-22-18/h3-9,12,18-19,22H,10-11,13H2,1-2H3,(H,23,25). The summed E-state index contributed by atoms with van der Waals surface area (Å²) in [5, 5.41) is 7.24. The fourth-order valence-corrected chi connectivity index (χ4v) is 3.63. The average molecular weight is 358 g/mol. The number of carbonyl (C=O) groups is 1. The van der Waals surface area contributed by atoms with Crippen molar-refractivity contribution in [2.75, 3.05) is 27.2 Å². The minimum atomic E-state index is -0.363. The van der Waals surface area contributed by atoms with Gasteiger partial charge in [0.15, 0.2) is 0 Å². The molecule has 1 heterocycles. The summed E-state index contributed by atoms with van der Waals surface area (Å²) in [5.74, 6) is -0.0166. The lowest BCUT2D eigenvalue weighted by Crippen LogP contribution is -2.42.